The number of ether oxygens (including phenoxy) is 7. The van der Waals surface area contributed by atoms with Gasteiger partial charge in [-0.2, -0.15) is 0 Å². The summed E-state index contributed by atoms with van der Waals surface area (Å²) in [4.78, 5) is 40.1. The predicted molar refractivity (Wildman–Crippen MR) is 237 cm³/mol. The zero-order chi connectivity index (χ0) is 46.9. The molecule has 63 heavy (non-hydrogen) atoms. The van der Waals surface area contributed by atoms with Crippen molar-refractivity contribution < 1.29 is 62.9 Å². The summed E-state index contributed by atoms with van der Waals surface area (Å²) in [6.07, 6.45) is 5.53. The van der Waals surface area contributed by atoms with Gasteiger partial charge in [0.1, 0.15) is 18.4 Å². The summed E-state index contributed by atoms with van der Waals surface area (Å²) in [7, 11) is 0. The van der Waals surface area contributed by atoms with Crippen LogP contribution in [-0.2, 0) is 42.7 Å². The first-order chi connectivity index (χ1) is 29.4. The molecule has 18 atom stereocenters. The Balaban J connectivity index is 1.38. The summed E-state index contributed by atoms with van der Waals surface area (Å²) < 4.78 is 45.8. The van der Waals surface area contributed by atoms with E-state index in [1.54, 1.807) is 6.92 Å². The number of carboxylic acids is 1. The number of amides is 1. The van der Waals surface area contributed by atoms with E-state index < -0.39 is 95.1 Å². The normalized spacial score (nSPS) is 40.8. The van der Waals surface area contributed by atoms with Crippen molar-refractivity contribution in [3.05, 3.63) is 12.2 Å². The molecule has 0 radical (unpaired) electrons. The number of carbonyl (C=O) groups is 3. The molecule has 2 spiro atoms. The van der Waals surface area contributed by atoms with E-state index in [1.807, 2.05) is 74.5 Å². The molecule has 5 aliphatic heterocycles. The standard InChI is InChI=1S/C49H83NO13/c1-14-34(43(53)54)36-18-17-28(4)41(60-36)32(8)39(51)31(7)40(52)35(15-2)42-29(5)27-30(6)48(61-42)22-19-37(50-44(55)57-25-26-58-45(10,11)12)49(63-48)24-23-46(13,62-49)38-20-21-47(56,16-3)33(9)59-38/h19,22,28-39,41-42,51,56H,14-18,20-21,23-27H2,1-13H3,(H,50,55)(H,53,54)/t28-,29-,30+,31-,32-,33-,34+,35-,36+,37+,38+,39+,41+,42-,46-,47+,48-,49-/m0/s1. The number of ketones is 1. The highest BCUT2D eigenvalue weighted by Crippen LogP contribution is 2.54. The van der Waals surface area contributed by atoms with Crippen LogP contribution in [0.25, 0.3) is 0 Å². The maximum absolute atomic E-state index is 14.7. The van der Waals surface area contributed by atoms with Gasteiger partial charge in [-0.1, -0.05) is 61.5 Å². The Morgan fingerprint density at radius 3 is 2.17 bits per heavy atom. The summed E-state index contributed by atoms with van der Waals surface area (Å²) >= 11 is 0. The van der Waals surface area contributed by atoms with Crippen molar-refractivity contribution in [2.45, 2.75) is 225 Å². The number of alkyl carbamates (subject to hydrolysis) is 1. The van der Waals surface area contributed by atoms with Gasteiger partial charge < -0.3 is 53.8 Å². The van der Waals surface area contributed by atoms with Crippen LogP contribution < -0.4 is 5.32 Å². The van der Waals surface area contributed by atoms with E-state index in [9.17, 15) is 29.7 Å². The number of aliphatic hydroxyl groups is 2. The average Bonchev–Trinajstić information content (AvgIpc) is 3.57. The van der Waals surface area contributed by atoms with Crippen LogP contribution in [0.1, 0.15) is 154 Å². The Morgan fingerprint density at radius 1 is 0.889 bits per heavy atom. The fourth-order valence-corrected chi connectivity index (χ4v) is 11.3. The third kappa shape index (κ3) is 11.2. The van der Waals surface area contributed by atoms with E-state index in [4.69, 9.17) is 33.2 Å². The zero-order valence-electron chi connectivity index (χ0n) is 40.6. The molecule has 0 saturated carbocycles. The van der Waals surface area contributed by atoms with Gasteiger partial charge in [-0.25, -0.2) is 4.79 Å². The first kappa shape index (κ1) is 51.8. The molecular weight excluding hydrogens is 811 g/mol. The van der Waals surface area contributed by atoms with Crippen molar-refractivity contribution in [2.75, 3.05) is 13.2 Å². The smallest absolute Gasteiger partial charge is 0.407 e. The minimum atomic E-state index is -1.40. The lowest BCUT2D eigenvalue weighted by molar-refractivity contribution is -0.398. The first-order valence-electron chi connectivity index (χ1n) is 24.2. The highest BCUT2D eigenvalue weighted by molar-refractivity contribution is 5.84. The van der Waals surface area contributed by atoms with Crippen molar-refractivity contribution in [1.82, 2.24) is 5.32 Å². The molecular formula is C49H83NO13. The quantitative estimate of drug-likeness (QED) is 0.0871. The second-order valence-electron chi connectivity index (χ2n) is 21.2. The lowest BCUT2D eigenvalue weighted by atomic mass is 9.72. The number of hydrogen-bond acceptors (Lipinski definition) is 12. The van der Waals surface area contributed by atoms with Crippen LogP contribution in [0.3, 0.4) is 0 Å². The Hall–Kier alpha value is -2.17. The minimum Gasteiger partial charge on any atom is -0.481 e. The van der Waals surface area contributed by atoms with Crippen molar-refractivity contribution in [2.24, 2.45) is 41.4 Å². The number of hydrogen-bond donors (Lipinski definition) is 4. The number of nitrogens with one attached hydrogen (secondary N) is 1. The van der Waals surface area contributed by atoms with Crippen LogP contribution in [0.5, 0.6) is 0 Å². The average molecular weight is 894 g/mol. The molecule has 5 heterocycles. The molecule has 5 aliphatic rings. The Morgan fingerprint density at radius 2 is 1.57 bits per heavy atom. The van der Waals surface area contributed by atoms with E-state index in [1.165, 1.54) is 0 Å². The number of aliphatic hydroxyl groups excluding tert-OH is 1. The second-order valence-corrected chi connectivity index (χ2v) is 21.2. The fraction of sp³-hybridized carbons (Fsp3) is 0.898. The van der Waals surface area contributed by atoms with Crippen molar-refractivity contribution >= 4 is 17.8 Å². The molecule has 362 valence electrons. The Bertz CT molecular complexity index is 1600. The van der Waals surface area contributed by atoms with E-state index in [0.717, 1.165) is 6.42 Å². The van der Waals surface area contributed by atoms with Gasteiger partial charge in [0.05, 0.1) is 66.0 Å². The molecule has 0 aromatic carbocycles. The van der Waals surface area contributed by atoms with Gasteiger partial charge in [-0.3, -0.25) is 9.59 Å². The van der Waals surface area contributed by atoms with E-state index >= 15 is 0 Å². The first-order valence-corrected chi connectivity index (χ1v) is 24.2. The van der Waals surface area contributed by atoms with Gasteiger partial charge >= 0.3 is 12.1 Å². The lowest BCUT2D eigenvalue weighted by Crippen LogP contribution is -2.65. The minimum absolute atomic E-state index is 0.0379. The Labute approximate surface area is 377 Å². The molecule has 0 unspecified atom stereocenters. The summed E-state index contributed by atoms with van der Waals surface area (Å²) in [6.45, 7) is 25.7. The van der Waals surface area contributed by atoms with E-state index in [2.05, 4.69) is 26.1 Å². The number of Topliss-reactive ketones (excluding diaryl/α,β-unsaturated/α-hetero) is 1. The molecule has 4 saturated heterocycles. The summed E-state index contributed by atoms with van der Waals surface area (Å²) in [5.74, 6) is -6.21. The SMILES string of the molecule is CC[C@@H](C(=O)[C@@H](C)[C@@H](O)[C@H](C)[C@@H]1O[C@@H]([C@@H](CC)C(=O)O)CC[C@@H]1C)[C@H]1O[C@]2(C=C[C@@H](NC(=O)OCCOC(C)(C)C)[C@]3(CC[C@@](C)([C@H]4CC[C@](O)(CC)[C@H](C)O4)O3)O2)[C@H](C)C[C@@H]1C. The molecule has 14 heteroatoms. The largest absolute Gasteiger partial charge is 0.481 e. The molecule has 4 N–H and O–H groups in total. The van der Waals surface area contributed by atoms with Gasteiger partial charge in [0.25, 0.3) is 0 Å². The molecule has 1 amide bonds. The van der Waals surface area contributed by atoms with Gasteiger partial charge in [-0.05, 0) is 110 Å². The highest BCUT2D eigenvalue weighted by atomic mass is 16.8. The maximum atomic E-state index is 14.7. The number of aliphatic carboxylic acids is 1. The van der Waals surface area contributed by atoms with Crippen molar-refractivity contribution in [3.8, 4) is 0 Å². The van der Waals surface area contributed by atoms with Crippen LogP contribution in [0.4, 0.5) is 4.79 Å². The third-order valence-electron chi connectivity index (χ3n) is 15.6. The van der Waals surface area contributed by atoms with Gasteiger partial charge in [0, 0.05) is 30.1 Å². The van der Waals surface area contributed by atoms with Gasteiger partial charge in [-0.15, -0.1) is 0 Å². The van der Waals surface area contributed by atoms with Crippen LogP contribution in [0.15, 0.2) is 12.2 Å². The lowest BCUT2D eigenvalue weighted by Gasteiger charge is -2.55. The summed E-state index contributed by atoms with van der Waals surface area (Å²) in [5.41, 5.74) is -2.14. The van der Waals surface area contributed by atoms with E-state index in [-0.39, 0.29) is 48.5 Å². The van der Waals surface area contributed by atoms with Gasteiger partial charge in [0.2, 0.25) is 0 Å². The van der Waals surface area contributed by atoms with E-state index in [0.29, 0.717) is 57.8 Å². The number of carbonyl (C=O) groups excluding carboxylic acids is 2. The molecule has 4 fully saturated rings. The topological polar surface area (TPSA) is 189 Å². The molecule has 0 aromatic rings. The molecule has 0 aromatic heterocycles. The van der Waals surface area contributed by atoms with Crippen molar-refractivity contribution in [1.29, 1.82) is 0 Å². The fourth-order valence-electron chi connectivity index (χ4n) is 11.3. The summed E-state index contributed by atoms with van der Waals surface area (Å²) in [5, 5.41) is 36.0. The monoisotopic (exact) mass is 894 g/mol. The van der Waals surface area contributed by atoms with Crippen molar-refractivity contribution in [3.63, 3.8) is 0 Å². The Kier molecular flexibility index (Phi) is 16.7. The molecule has 0 bridgehead atoms. The molecule has 5 rings (SSSR count). The summed E-state index contributed by atoms with van der Waals surface area (Å²) in [6, 6.07) is -0.768. The zero-order valence-corrected chi connectivity index (χ0v) is 40.6. The highest BCUT2D eigenvalue weighted by Gasteiger charge is 2.63. The molecule has 0 aliphatic carbocycles. The van der Waals surface area contributed by atoms with Crippen LogP contribution in [0.2, 0.25) is 0 Å². The molecule has 14 nitrogen and oxygen atoms in total. The third-order valence-corrected chi connectivity index (χ3v) is 15.6. The number of rotatable bonds is 16. The van der Waals surface area contributed by atoms with Crippen LogP contribution in [0, 0.1) is 41.4 Å². The second kappa shape index (κ2) is 20.4. The van der Waals surface area contributed by atoms with Crippen LogP contribution in [-0.4, -0.2) is 117 Å². The maximum Gasteiger partial charge on any atom is 0.407 e. The number of carboxylic acid groups (broad SMARTS) is 1. The predicted octanol–water partition coefficient (Wildman–Crippen LogP) is 7.74. The van der Waals surface area contributed by atoms with Gasteiger partial charge in [0.15, 0.2) is 11.6 Å². The van der Waals surface area contributed by atoms with Crippen LogP contribution >= 0.6 is 0 Å².